The molecular formula is C26H30F2N2O3S2. The zero-order valence-corrected chi connectivity index (χ0v) is 21.3. The molecule has 1 aliphatic heterocycles. The Morgan fingerprint density at radius 2 is 2.14 bits per heavy atom. The Morgan fingerprint density at radius 1 is 1.34 bits per heavy atom. The number of carboxylic acids is 1. The van der Waals surface area contributed by atoms with Gasteiger partial charge in [0.25, 0.3) is 0 Å². The van der Waals surface area contributed by atoms with Crippen LogP contribution in [0.15, 0.2) is 46.1 Å². The molecule has 0 unspecified atom stereocenters. The molecule has 4 rings (SSSR count). The molecule has 0 spiro atoms. The molecule has 0 saturated carbocycles. The largest absolute Gasteiger partial charge is 0.497 e. The van der Waals surface area contributed by atoms with Gasteiger partial charge in [-0.15, -0.1) is 23.1 Å². The van der Waals surface area contributed by atoms with E-state index in [0.29, 0.717) is 35.9 Å². The summed E-state index contributed by atoms with van der Waals surface area (Å²) in [5.41, 5.74) is -0.00821. The Bertz CT molecular complexity index is 1140. The molecule has 0 radical (unpaired) electrons. The molecule has 188 valence electrons. The fraction of sp³-hybridized carbons (Fsp3) is 0.462. The SMILES string of the molecule is COc1ccc2ncc(F)c([C@H](F)CCC3(CC(=O)O)CCN(CCSc4cccs4)CC3)c2c1. The van der Waals surface area contributed by atoms with Gasteiger partial charge in [0.1, 0.15) is 17.7 Å². The summed E-state index contributed by atoms with van der Waals surface area (Å²) in [6.45, 7) is 2.52. The van der Waals surface area contributed by atoms with Crippen molar-refractivity contribution in [2.24, 2.45) is 5.41 Å². The maximum atomic E-state index is 15.5. The number of rotatable bonds is 11. The van der Waals surface area contributed by atoms with Crippen LogP contribution in [0.3, 0.4) is 0 Å². The van der Waals surface area contributed by atoms with E-state index in [2.05, 4.69) is 21.3 Å². The van der Waals surface area contributed by atoms with Gasteiger partial charge < -0.3 is 14.7 Å². The first-order chi connectivity index (χ1) is 16.9. The number of ether oxygens (including phenoxy) is 1. The van der Waals surface area contributed by atoms with Gasteiger partial charge in [0.15, 0.2) is 0 Å². The van der Waals surface area contributed by atoms with Crippen LogP contribution in [0.1, 0.15) is 43.8 Å². The minimum Gasteiger partial charge on any atom is -0.497 e. The van der Waals surface area contributed by atoms with Crippen molar-refractivity contribution in [2.75, 3.05) is 32.5 Å². The van der Waals surface area contributed by atoms with Gasteiger partial charge in [-0.3, -0.25) is 9.78 Å². The van der Waals surface area contributed by atoms with E-state index in [1.54, 1.807) is 29.5 Å². The van der Waals surface area contributed by atoms with Gasteiger partial charge >= 0.3 is 5.97 Å². The van der Waals surface area contributed by atoms with Crippen molar-refractivity contribution in [3.63, 3.8) is 0 Å². The van der Waals surface area contributed by atoms with E-state index in [-0.39, 0.29) is 18.4 Å². The summed E-state index contributed by atoms with van der Waals surface area (Å²) in [7, 11) is 1.50. The predicted molar refractivity (Wildman–Crippen MR) is 137 cm³/mol. The summed E-state index contributed by atoms with van der Waals surface area (Å²) >= 11 is 3.56. The first-order valence-corrected chi connectivity index (χ1v) is 13.6. The molecule has 1 aliphatic rings. The van der Waals surface area contributed by atoms with E-state index in [9.17, 15) is 14.3 Å². The number of methoxy groups -OCH3 is 1. The molecule has 2 aromatic heterocycles. The monoisotopic (exact) mass is 520 g/mol. The van der Waals surface area contributed by atoms with Crippen molar-refractivity contribution in [3.8, 4) is 5.75 Å². The molecule has 0 amide bonds. The van der Waals surface area contributed by atoms with Gasteiger partial charge in [-0.25, -0.2) is 8.78 Å². The maximum Gasteiger partial charge on any atom is 0.303 e. The van der Waals surface area contributed by atoms with Crippen LogP contribution in [0.5, 0.6) is 5.75 Å². The van der Waals surface area contributed by atoms with Crippen molar-refractivity contribution in [2.45, 2.75) is 42.5 Å². The second-order valence-electron chi connectivity index (χ2n) is 9.10. The second-order valence-corrected chi connectivity index (χ2v) is 11.4. The standard InChI is InChI=1S/C26H30F2N2O3S2/c1-33-18-4-5-22-19(15-18)25(21(28)17-29-22)20(27)6-7-26(16-23(31)32)8-10-30(11-9-26)12-14-35-24-3-2-13-34-24/h2-5,13,15,17,20H,6-12,14,16H2,1H3,(H,31,32)/t20-/m1/s1. The molecule has 5 nitrogen and oxygen atoms in total. The Hall–Kier alpha value is -2.23. The number of thiophene rings is 1. The minimum atomic E-state index is -1.56. The third kappa shape index (κ3) is 6.51. The quantitative estimate of drug-likeness (QED) is 0.288. The number of nitrogens with zero attached hydrogens (tertiary/aromatic N) is 2. The number of piperidine rings is 1. The van der Waals surface area contributed by atoms with Crippen LogP contribution in [0.25, 0.3) is 10.9 Å². The molecular weight excluding hydrogens is 490 g/mol. The number of alkyl halides is 1. The Kier molecular flexibility index (Phi) is 8.62. The number of likely N-dealkylation sites (tertiary alicyclic amines) is 1. The molecule has 3 heterocycles. The highest BCUT2D eigenvalue weighted by atomic mass is 32.2. The van der Waals surface area contributed by atoms with Crippen LogP contribution in [-0.2, 0) is 4.79 Å². The smallest absolute Gasteiger partial charge is 0.303 e. The molecule has 1 aromatic carbocycles. The molecule has 35 heavy (non-hydrogen) atoms. The zero-order chi connectivity index (χ0) is 24.8. The van der Waals surface area contributed by atoms with E-state index < -0.39 is 23.4 Å². The number of hydrogen-bond donors (Lipinski definition) is 1. The van der Waals surface area contributed by atoms with Gasteiger partial charge in [-0.1, -0.05) is 6.07 Å². The number of carboxylic acid groups (broad SMARTS) is 1. The van der Waals surface area contributed by atoms with Gasteiger partial charge in [-0.05, 0) is 73.8 Å². The number of carbonyl (C=O) groups is 1. The third-order valence-corrected chi connectivity index (χ3v) is 9.01. The number of hydrogen-bond acceptors (Lipinski definition) is 6. The summed E-state index contributed by atoms with van der Waals surface area (Å²) in [5.74, 6) is -0.0714. The molecule has 3 aromatic rings. The Balaban J connectivity index is 1.40. The first-order valence-electron chi connectivity index (χ1n) is 11.8. The lowest BCUT2D eigenvalue weighted by Crippen LogP contribution is -2.42. The predicted octanol–water partition coefficient (Wildman–Crippen LogP) is 6.58. The highest BCUT2D eigenvalue weighted by Gasteiger charge is 2.37. The summed E-state index contributed by atoms with van der Waals surface area (Å²) in [4.78, 5) is 18.1. The van der Waals surface area contributed by atoms with Crippen LogP contribution in [0.2, 0.25) is 0 Å². The molecule has 1 fully saturated rings. The maximum absolute atomic E-state index is 15.5. The van der Waals surface area contributed by atoms with E-state index in [0.717, 1.165) is 31.6 Å². The topological polar surface area (TPSA) is 62.7 Å². The molecule has 0 bridgehead atoms. The number of aliphatic carboxylic acids is 1. The van der Waals surface area contributed by atoms with Crippen LogP contribution in [-0.4, -0.2) is 53.5 Å². The third-order valence-electron chi connectivity index (χ3n) is 6.90. The van der Waals surface area contributed by atoms with E-state index in [1.165, 1.54) is 11.3 Å². The van der Waals surface area contributed by atoms with Crippen LogP contribution < -0.4 is 4.74 Å². The van der Waals surface area contributed by atoms with Crippen molar-refractivity contribution in [1.29, 1.82) is 0 Å². The molecule has 1 N–H and O–H groups in total. The Labute approximate surface area is 212 Å². The van der Waals surface area contributed by atoms with Crippen LogP contribution >= 0.6 is 23.1 Å². The van der Waals surface area contributed by atoms with Crippen molar-refractivity contribution in [1.82, 2.24) is 9.88 Å². The fourth-order valence-corrected chi connectivity index (χ4v) is 6.76. The minimum absolute atomic E-state index is 0.00486. The number of thioether (sulfide) groups is 1. The highest BCUT2D eigenvalue weighted by molar-refractivity contribution is 8.01. The van der Waals surface area contributed by atoms with Gasteiger partial charge in [-0.2, -0.15) is 0 Å². The van der Waals surface area contributed by atoms with Gasteiger partial charge in [0, 0.05) is 23.2 Å². The average Bonchev–Trinajstić information content (AvgIpc) is 3.36. The summed E-state index contributed by atoms with van der Waals surface area (Å²) in [5, 5.41) is 12.0. The first kappa shape index (κ1) is 25.9. The van der Waals surface area contributed by atoms with E-state index in [1.807, 2.05) is 17.8 Å². The zero-order valence-electron chi connectivity index (χ0n) is 19.7. The van der Waals surface area contributed by atoms with Crippen LogP contribution in [0, 0.1) is 11.2 Å². The lowest BCUT2D eigenvalue weighted by atomic mass is 9.71. The number of benzene rings is 1. The van der Waals surface area contributed by atoms with E-state index >= 15 is 4.39 Å². The molecule has 0 aliphatic carbocycles. The van der Waals surface area contributed by atoms with Gasteiger partial charge in [0.2, 0.25) is 0 Å². The fourth-order valence-electron chi connectivity index (χ4n) is 4.90. The highest BCUT2D eigenvalue weighted by Crippen LogP contribution is 2.43. The summed E-state index contributed by atoms with van der Waals surface area (Å²) in [6.07, 6.45) is 1.35. The summed E-state index contributed by atoms with van der Waals surface area (Å²) in [6, 6.07) is 9.15. The molecule has 9 heteroatoms. The number of pyridine rings is 1. The number of aromatic nitrogens is 1. The average molecular weight is 521 g/mol. The van der Waals surface area contributed by atoms with Crippen LogP contribution in [0.4, 0.5) is 8.78 Å². The van der Waals surface area contributed by atoms with Crippen molar-refractivity contribution >= 4 is 40.0 Å². The normalized spacial score (nSPS) is 16.9. The lowest BCUT2D eigenvalue weighted by molar-refractivity contribution is -0.141. The van der Waals surface area contributed by atoms with E-state index in [4.69, 9.17) is 4.74 Å². The number of halogens is 2. The second kappa shape index (κ2) is 11.7. The molecule has 1 saturated heterocycles. The lowest BCUT2D eigenvalue weighted by Gasteiger charge is -2.41. The van der Waals surface area contributed by atoms with Gasteiger partial charge in [0.05, 0.1) is 29.5 Å². The van der Waals surface area contributed by atoms with Crippen molar-refractivity contribution in [3.05, 3.63) is 53.3 Å². The Morgan fingerprint density at radius 3 is 2.83 bits per heavy atom. The van der Waals surface area contributed by atoms with Crippen molar-refractivity contribution < 1.29 is 23.4 Å². The summed E-state index contributed by atoms with van der Waals surface area (Å²) < 4.78 is 36.8. The number of fused-ring (bicyclic) bond motifs is 1. The molecule has 1 atom stereocenters.